The first kappa shape index (κ1) is 13.4. The number of aliphatic imine (C=N–C) groups is 1. The molecule has 1 fully saturated rings. The summed E-state index contributed by atoms with van der Waals surface area (Å²) in [4.78, 5) is 4.37. The Morgan fingerprint density at radius 2 is 2.05 bits per heavy atom. The third-order valence-electron chi connectivity index (χ3n) is 4.41. The lowest BCUT2D eigenvalue weighted by Crippen LogP contribution is -2.48. The number of hydrogen-bond donors (Lipinski definition) is 2. The van der Waals surface area contributed by atoms with Crippen molar-refractivity contribution in [3.05, 3.63) is 22.8 Å². The van der Waals surface area contributed by atoms with E-state index in [-0.39, 0.29) is 11.4 Å². The molecular weight excluding hydrogens is 254 g/mol. The fourth-order valence-electron chi connectivity index (χ4n) is 3.22. The highest BCUT2D eigenvalue weighted by Gasteiger charge is 2.45. The van der Waals surface area contributed by atoms with Gasteiger partial charge >= 0.3 is 0 Å². The second-order valence-electron chi connectivity index (χ2n) is 6.06. The molecule has 1 saturated carbocycles. The highest BCUT2D eigenvalue weighted by Crippen LogP contribution is 2.47. The zero-order valence-electron chi connectivity index (χ0n) is 12.2. The summed E-state index contributed by atoms with van der Waals surface area (Å²) in [5.74, 6) is 1.08. The number of fused-ring (bicyclic) bond motifs is 1. The summed E-state index contributed by atoms with van der Waals surface area (Å²) in [7, 11) is 0. The first-order chi connectivity index (χ1) is 9.42. The summed E-state index contributed by atoms with van der Waals surface area (Å²) in [6.07, 6.45) is 3.21. The van der Waals surface area contributed by atoms with Crippen LogP contribution < -0.4 is 4.74 Å². The van der Waals surface area contributed by atoms with Crippen molar-refractivity contribution >= 4 is 5.71 Å². The minimum Gasteiger partial charge on any atom is -0.507 e. The van der Waals surface area contributed by atoms with Crippen molar-refractivity contribution in [3.63, 3.8) is 0 Å². The lowest BCUT2D eigenvalue weighted by Gasteiger charge is -2.46. The standard InChI is InChI=1S/C16H21NO3/c1-9-7-13-14(10(2)15(9)19)12(17-11(3)18)8-16(20-13)5-4-6-16/h7,11,18-19H,4-6,8H2,1-3H3/b17-12-. The average Bonchev–Trinajstić information content (AvgIpc) is 2.32. The normalized spacial score (nSPS) is 23.1. The molecule has 1 spiro atoms. The quantitative estimate of drug-likeness (QED) is 0.828. The predicted octanol–water partition coefficient (Wildman–Crippen LogP) is 2.84. The number of ether oxygens (including phenoxy) is 1. The van der Waals surface area contributed by atoms with Crippen LogP contribution in [0.5, 0.6) is 11.5 Å². The third-order valence-corrected chi connectivity index (χ3v) is 4.41. The van der Waals surface area contributed by atoms with Crippen molar-refractivity contribution in [2.24, 2.45) is 4.99 Å². The van der Waals surface area contributed by atoms with E-state index >= 15 is 0 Å². The molecule has 1 heterocycles. The Kier molecular flexibility index (Phi) is 3.01. The Morgan fingerprint density at radius 3 is 2.60 bits per heavy atom. The first-order valence-corrected chi connectivity index (χ1v) is 7.19. The molecule has 0 bridgehead atoms. The van der Waals surface area contributed by atoms with Gasteiger partial charge in [0.15, 0.2) is 0 Å². The summed E-state index contributed by atoms with van der Waals surface area (Å²) in [5, 5.41) is 19.8. The van der Waals surface area contributed by atoms with Crippen molar-refractivity contribution < 1.29 is 14.9 Å². The van der Waals surface area contributed by atoms with Crippen LogP contribution in [0.25, 0.3) is 0 Å². The number of hydrogen-bond acceptors (Lipinski definition) is 4. The van der Waals surface area contributed by atoms with Crippen molar-refractivity contribution in [2.75, 3.05) is 0 Å². The monoisotopic (exact) mass is 275 g/mol. The van der Waals surface area contributed by atoms with Crippen molar-refractivity contribution in [2.45, 2.75) is 58.3 Å². The largest absolute Gasteiger partial charge is 0.507 e. The van der Waals surface area contributed by atoms with Gasteiger partial charge in [0.25, 0.3) is 0 Å². The van der Waals surface area contributed by atoms with E-state index in [0.29, 0.717) is 6.42 Å². The zero-order chi connectivity index (χ0) is 14.5. The highest BCUT2D eigenvalue weighted by atomic mass is 16.5. The van der Waals surface area contributed by atoms with Gasteiger partial charge in [-0.15, -0.1) is 0 Å². The van der Waals surface area contributed by atoms with E-state index in [1.807, 2.05) is 19.9 Å². The van der Waals surface area contributed by atoms with Gasteiger partial charge in [0.2, 0.25) is 0 Å². The third kappa shape index (κ3) is 1.99. The second kappa shape index (κ2) is 4.48. The Bertz CT molecular complexity index is 586. The van der Waals surface area contributed by atoms with Crippen LogP contribution >= 0.6 is 0 Å². The SMILES string of the molecule is Cc1cc2c(c(C)c1O)/C(=N\C(C)O)CC1(CCC1)O2. The summed E-state index contributed by atoms with van der Waals surface area (Å²) in [5.41, 5.74) is 3.17. The summed E-state index contributed by atoms with van der Waals surface area (Å²) >= 11 is 0. The Hall–Kier alpha value is -1.55. The number of aliphatic hydroxyl groups excluding tert-OH is 1. The fourth-order valence-corrected chi connectivity index (χ4v) is 3.22. The molecule has 2 aliphatic rings. The van der Waals surface area contributed by atoms with Crippen LogP contribution in [0.4, 0.5) is 0 Å². The van der Waals surface area contributed by atoms with Gasteiger partial charge in [-0.3, -0.25) is 4.99 Å². The minimum atomic E-state index is -0.740. The molecule has 4 heteroatoms. The Balaban J connectivity index is 2.17. The molecule has 3 rings (SSSR count). The van der Waals surface area contributed by atoms with Gasteiger partial charge < -0.3 is 14.9 Å². The van der Waals surface area contributed by atoms with Crippen LogP contribution in [0.2, 0.25) is 0 Å². The molecule has 108 valence electrons. The zero-order valence-corrected chi connectivity index (χ0v) is 12.2. The van der Waals surface area contributed by atoms with E-state index in [1.54, 1.807) is 6.92 Å². The first-order valence-electron chi connectivity index (χ1n) is 7.19. The van der Waals surface area contributed by atoms with Crippen molar-refractivity contribution in [3.8, 4) is 11.5 Å². The molecule has 2 N–H and O–H groups in total. The lowest BCUT2D eigenvalue weighted by molar-refractivity contribution is -0.00521. The predicted molar refractivity (Wildman–Crippen MR) is 77.6 cm³/mol. The van der Waals surface area contributed by atoms with Gasteiger partial charge in [-0.2, -0.15) is 0 Å². The number of aliphatic hydroxyl groups is 1. The summed E-state index contributed by atoms with van der Waals surface area (Å²) in [6, 6.07) is 1.88. The van der Waals surface area contributed by atoms with E-state index in [0.717, 1.165) is 41.0 Å². The van der Waals surface area contributed by atoms with Crippen LogP contribution in [-0.4, -0.2) is 27.8 Å². The smallest absolute Gasteiger partial charge is 0.142 e. The molecule has 1 aliphatic carbocycles. The van der Waals surface area contributed by atoms with Gasteiger partial charge in [-0.05, 0) is 51.7 Å². The number of nitrogens with zero attached hydrogens (tertiary/aromatic N) is 1. The molecule has 0 radical (unpaired) electrons. The average molecular weight is 275 g/mol. The van der Waals surface area contributed by atoms with E-state index in [2.05, 4.69) is 4.99 Å². The minimum absolute atomic E-state index is 0.142. The number of aromatic hydroxyl groups is 1. The number of rotatable bonds is 1. The molecule has 1 unspecified atom stereocenters. The second-order valence-corrected chi connectivity index (χ2v) is 6.06. The van der Waals surface area contributed by atoms with E-state index in [1.165, 1.54) is 6.42 Å². The molecule has 1 atom stereocenters. The van der Waals surface area contributed by atoms with Gasteiger partial charge in [-0.25, -0.2) is 0 Å². The van der Waals surface area contributed by atoms with Crippen LogP contribution in [0.1, 0.15) is 49.3 Å². The fraction of sp³-hybridized carbons (Fsp3) is 0.562. The molecule has 4 nitrogen and oxygen atoms in total. The number of phenols is 1. The maximum absolute atomic E-state index is 10.1. The van der Waals surface area contributed by atoms with Crippen molar-refractivity contribution in [1.29, 1.82) is 0 Å². The lowest BCUT2D eigenvalue weighted by atomic mass is 9.73. The maximum atomic E-state index is 10.1. The molecule has 1 aliphatic heterocycles. The van der Waals surface area contributed by atoms with Crippen LogP contribution in [0, 0.1) is 13.8 Å². The van der Waals surface area contributed by atoms with E-state index in [9.17, 15) is 10.2 Å². The topological polar surface area (TPSA) is 62.1 Å². The van der Waals surface area contributed by atoms with Gasteiger partial charge in [0.1, 0.15) is 23.3 Å². The van der Waals surface area contributed by atoms with Gasteiger partial charge in [0, 0.05) is 17.5 Å². The molecule has 1 aromatic carbocycles. The molecular formula is C16H21NO3. The van der Waals surface area contributed by atoms with E-state index < -0.39 is 6.23 Å². The Labute approximate surface area is 119 Å². The van der Waals surface area contributed by atoms with Crippen LogP contribution in [-0.2, 0) is 0 Å². The van der Waals surface area contributed by atoms with Crippen molar-refractivity contribution in [1.82, 2.24) is 0 Å². The van der Waals surface area contributed by atoms with Crippen LogP contribution in [0.3, 0.4) is 0 Å². The highest BCUT2D eigenvalue weighted by molar-refractivity contribution is 6.06. The molecule has 1 aromatic rings. The number of aryl methyl sites for hydroxylation is 1. The number of phenolic OH excluding ortho intramolecular Hbond substituents is 1. The summed E-state index contributed by atoms with van der Waals surface area (Å²) in [6.45, 7) is 5.40. The Morgan fingerprint density at radius 1 is 1.35 bits per heavy atom. The van der Waals surface area contributed by atoms with E-state index in [4.69, 9.17) is 4.74 Å². The number of benzene rings is 1. The van der Waals surface area contributed by atoms with Gasteiger partial charge in [-0.1, -0.05) is 0 Å². The van der Waals surface area contributed by atoms with Crippen LogP contribution in [0.15, 0.2) is 11.1 Å². The van der Waals surface area contributed by atoms with Gasteiger partial charge in [0.05, 0.1) is 5.71 Å². The molecule has 0 saturated heterocycles. The maximum Gasteiger partial charge on any atom is 0.142 e. The molecule has 0 aromatic heterocycles. The molecule has 0 amide bonds. The summed E-state index contributed by atoms with van der Waals surface area (Å²) < 4.78 is 6.21. The molecule has 20 heavy (non-hydrogen) atoms.